The number of hydrogen-bond donors (Lipinski definition) is 1. The molecule has 0 unspecified atom stereocenters. The topological polar surface area (TPSA) is 37.4 Å². The van der Waals surface area contributed by atoms with Crippen LogP contribution in [0.25, 0.3) is 0 Å². The lowest BCUT2D eigenvalue weighted by atomic mass is 10.2. The molecule has 1 aromatic heterocycles. The summed E-state index contributed by atoms with van der Waals surface area (Å²) >= 11 is 7.62. The Bertz CT molecular complexity index is 653. The lowest BCUT2D eigenvalue weighted by Crippen LogP contribution is -2.24. The fourth-order valence-corrected chi connectivity index (χ4v) is 3.10. The van der Waals surface area contributed by atoms with Gasteiger partial charge in [0.2, 0.25) is 0 Å². The Morgan fingerprint density at radius 3 is 2.86 bits per heavy atom. The van der Waals surface area contributed by atoms with Crippen molar-refractivity contribution in [3.63, 3.8) is 0 Å². The molecule has 21 heavy (non-hydrogen) atoms. The molecular weight excluding hydrogens is 313 g/mol. The highest BCUT2D eigenvalue weighted by Gasteiger charge is 2.21. The van der Waals surface area contributed by atoms with E-state index in [1.807, 2.05) is 11.0 Å². The molecule has 7 heteroatoms. The van der Waals surface area contributed by atoms with Gasteiger partial charge < -0.3 is 9.64 Å². The van der Waals surface area contributed by atoms with Gasteiger partial charge in [-0.05, 0) is 36.2 Å². The van der Waals surface area contributed by atoms with Gasteiger partial charge in [-0.3, -0.25) is 4.72 Å². The van der Waals surface area contributed by atoms with Crippen LogP contribution in [0.2, 0.25) is 5.15 Å². The van der Waals surface area contributed by atoms with Crippen LogP contribution in [0.3, 0.4) is 0 Å². The molecule has 0 aliphatic carbocycles. The zero-order valence-electron chi connectivity index (χ0n) is 11.3. The van der Waals surface area contributed by atoms with Crippen molar-refractivity contribution in [2.75, 3.05) is 25.1 Å². The maximum Gasteiger partial charge on any atom is 0.173 e. The van der Waals surface area contributed by atoms with Crippen LogP contribution in [0, 0.1) is 5.82 Å². The third-order valence-corrected chi connectivity index (χ3v) is 4.26. The maximum atomic E-state index is 13.1. The van der Waals surface area contributed by atoms with Crippen molar-refractivity contribution in [3.05, 3.63) is 41.3 Å². The van der Waals surface area contributed by atoms with E-state index in [9.17, 15) is 4.39 Å². The number of nitrogens with zero attached hydrogens (tertiary/aromatic N) is 2. The average Bonchev–Trinajstić information content (AvgIpc) is 2.69. The molecule has 1 N–H and O–H groups in total. The van der Waals surface area contributed by atoms with Crippen LogP contribution in [0.5, 0.6) is 5.75 Å². The molecule has 4 nitrogen and oxygen atoms in total. The second-order valence-corrected chi connectivity index (χ2v) is 5.72. The summed E-state index contributed by atoms with van der Waals surface area (Å²) in [5.74, 6) is 1.01. The van der Waals surface area contributed by atoms with Gasteiger partial charge in [0.15, 0.2) is 10.9 Å². The summed E-state index contributed by atoms with van der Waals surface area (Å²) < 4.78 is 21.6. The van der Waals surface area contributed by atoms with Gasteiger partial charge in [0.1, 0.15) is 11.6 Å². The molecule has 0 amide bonds. The molecule has 2 aromatic rings. The fraction of sp³-hybridized carbons (Fsp3) is 0.214. The third kappa shape index (κ3) is 2.92. The first-order valence-electron chi connectivity index (χ1n) is 6.36. The van der Waals surface area contributed by atoms with Crippen molar-refractivity contribution in [2.24, 2.45) is 0 Å². The number of aromatic nitrogens is 1. The summed E-state index contributed by atoms with van der Waals surface area (Å²) in [6.45, 7) is 1.47. The van der Waals surface area contributed by atoms with Crippen LogP contribution >= 0.6 is 23.5 Å². The summed E-state index contributed by atoms with van der Waals surface area (Å²) in [4.78, 5) is 7.36. The second kappa shape index (κ2) is 6.09. The van der Waals surface area contributed by atoms with Gasteiger partial charge in [-0.1, -0.05) is 11.6 Å². The van der Waals surface area contributed by atoms with E-state index in [2.05, 4.69) is 9.71 Å². The van der Waals surface area contributed by atoms with E-state index in [0.717, 1.165) is 22.9 Å². The Morgan fingerprint density at radius 2 is 2.14 bits per heavy atom. The molecule has 0 saturated heterocycles. The van der Waals surface area contributed by atoms with Crippen molar-refractivity contribution in [1.29, 1.82) is 0 Å². The molecule has 3 rings (SSSR count). The SMILES string of the molecule is COc1cc2c(nc1Cl)N(c1ccc(F)cc1)CCNS2. The van der Waals surface area contributed by atoms with Crippen molar-refractivity contribution in [2.45, 2.75) is 4.90 Å². The molecule has 1 aliphatic heterocycles. The Morgan fingerprint density at radius 1 is 1.38 bits per heavy atom. The van der Waals surface area contributed by atoms with Crippen LogP contribution < -0.4 is 14.4 Å². The van der Waals surface area contributed by atoms with Gasteiger partial charge in [0.25, 0.3) is 0 Å². The molecule has 0 atom stereocenters. The fourth-order valence-electron chi connectivity index (χ4n) is 2.12. The van der Waals surface area contributed by atoms with E-state index in [4.69, 9.17) is 16.3 Å². The van der Waals surface area contributed by atoms with Crippen molar-refractivity contribution < 1.29 is 9.13 Å². The Labute approximate surface area is 131 Å². The smallest absolute Gasteiger partial charge is 0.173 e. The molecular formula is C14H13ClFN3OS. The van der Waals surface area contributed by atoms with E-state index in [1.165, 1.54) is 24.1 Å². The number of benzene rings is 1. The number of nitrogens with one attached hydrogen (secondary N) is 1. The predicted octanol–water partition coefficient (Wildman–Crippen LogP) is 3.63. The maximum absolute atomic E-state index is 13.1. The monoisotopic (exact) mass is 325 g/mol. The summed E-state index contributed by atoms with van der Waals surface area (Å²) in [6.07, 6.45) is 0. The Balaban J connectivity index is 2.08. The molecule has 1 aliphatic rings. The highest BCUT2D eigenvalue weighted by molar-refractivity contribution is 7.97. The molecule has 2 heterocycles. The zero-order chi connectivity index (χ0) is 14.8. The van der Waals surface area contributed by atoms with Gasteiger partial charge >= 0.3 is 0 Å². The van der Waals surface area contributed by atoms with E-state index in [-0.39, 0.29) is 5.82 Å². The van der Waals surface area contributed by atoms with Crippen LogP contribution in [0.15, 0.2) is 35.2 Å². The quantitative estimate of drug-likeness (QED) is 0.674. The standard InChI is InChI=1S/C14H13ClFN3OS/c1-20-11-8-12-14(18-13(11)15)19(7-6-17-21-12)10-4-2-9(16)3-5-10/h2-5,8,17H,6-7H2,1H3. The van der Waals surface area contributed by atoms with Gasteiger partial charge in [-0.25, -0.2) is 9.37 Å². The number of methoxy groups -OCH3 is 1. The Hall–Kier alpha value is -1.50. The minimum atomic E-state index is -0.262. The number of ether oxygens (including phenoxy) is 1. The summed E-state index contributed by atoms with van der Waals surface area (Å²) in [5, 5.41) is 0.311. The average molecular weight is 326 g/mol. The largest absolute Gasteiger partial charge is 0.493 e. The van der Waals surface area contributed by atoms with Crippen molar-refractivity contribution in [3.8, 4) is 5.75 Å². The van der Waals surface area contributed by atoms with E-state index in [0.29, 0.717) is 17.4 Å². The van der Waals surface area contributed by atoms with E-state index < -0.39 is 0 Å². The van der Waals surface area contributed by atoms with Gasteiger partial charge in [0, 0.05) is 24.8 Å². The summed E-state index contributed by atoms with van der Waals surface area (Å²) in [5.41, 5.74) is 0.871. The number of anilines is 2. The number of pyridine rings is 1. The first kappa shape index (κ1) is 14.4. The van der Waals surface area contributed by atoms with Gasteiger partial charge in [-0.15, -0.1) is 0 Å². The number of rotatable bonds is 2. The highest BCUT2D eigenvalue weighted by atomic mass is 35.5. The molecule has 110 valence electrons. The van der Waals surface area contributed by atoms with Crippen molar-refractivity contribution >= 4 is 35.1 Å². The molecule has 0 fully saturated rings. The molecule has 1 aromatic carbocycles. The Kier molecular flexibility index (Phi) is 4.19. The second-order valence-electron chi connectivity index (χ2n) is 4.43. The normalized spacial score (nSPS) is 14.5. The predicted molar refractivity (Wildman–Crippen MR) is 83.1 cm³/mol. The highest BCUT2D eigenvalue weighted by Crippen LogP contribution is 2.38. The number of fused-ring (bicyclic) bond motifs is 1. The minimum absolute atomic E-state index is 0.262. The van der Waals surface area contributed by atoms with Gasteiger partial charge in [-0.2, -0.15) is 0 Å². The summed E-state index contributed by atoms with van der Waals surface area (Å²) in [7, 11) is 1.56. The first-order valence-corrected chi connectivity index (χ1v) is 7.56. The van der Waals surface area contributed by atoms with Crippen LogP contribution in [0.4, 0.5) is 15.9 Å². The zero-order valence-corrected chi connectivity index (χ0v) is 12.8. The molecule has 0 spiro atoms. The van der Waals surface area contributed by atoms with E-state index in [1.54, 1.807) is 19.2 Å². The van der Waals surface area contributed by atoms with Crippen LogP contribution in [0.1, 0.15) is 0 Å². The molecule has 0 saturated carbocycles. The summed E-state index contributed by atoms with van der Waals surface area (Å²) in [6, 6.07) is 8.19. The van der Waals surface area contributed by atoms with Crippen molar-refractivity contribution in [1.82, 2.24) is 9.71 Å². The minimum Gasteiger partial charge on any atom is -0.493 e. The van der Waals surface area contributed by atoms with Gasteiger partial charge in [0.05, 0.1) is 12.0 Å². The molecule has 0 bridgehead atoms. The lowest BCUT2D eigenvalue weighted by molar-refractivity contribution is 0.412. The lowest BCUT2D eigenvalue weighted by Gasteiger charge is -2.23. The number of halogens is 2. The van der Waals surface area contributed by atoms with E-state index >= 15 is 0 Å². The molecule has 0 radical (unpaired) electrons. The van der Waals surface area contributed by atoms with Crippen LogP contribution in [-0.4, -0.2) is 25.2 Å². The number of hydrogen-bond acceptors (Lipinski definition) is 5. The first-order chi connectivity index (χ1) is 10.2. The third-order valence-electron chi connectivity index (χ3n) is 3.12. The van der Waals surface area contributed by atoms with Crippen LogP contribution in [-0.2, 0) is 0 Å².